The molecule has 0 saturated heterocycles. The van der Waals surface area contributed by atoms with Crippen LogP contribution >= 0.6 is 0 Å². The van der Waals surface area contributed by atoms with Crippen molar-refractivity contribution in [3.63, 3.8) is 0 Å². The largest absolute Gasteiger partial charge is 0.497 e. The zero-order valence-electron chi connectivity index (χ0n) is 23.2. The van der Waals surface area contributed by atoms with Crippen LogP contribution in [0.15, 0.2) is 89.8 Å². The highest BCUT2D eigenvalue weighted by atomic mass is 32.2. The number of ether oxygens (including phenoxy) is 3. The van der Waals surface area contributed by atoms with E-state index in [1.807, 2.05) is 0 Å². The van der Waals surface area contributed by atoms with E-state index in [4.69, 9.17) is 14.2 Å². The summed E-state index contributed by atoms with van der Waals surface area (Å²) in [7, 11) is 0.0777. The van der Waals surface area contributed by atoms with Gasteiger partial charge in [-0.3, -0.25) is 9.52 Å². The van der Waals surface area contributed by atoms with Crippen LogP contribution in [0.25, 0.3) is 11.0 Å². The maximum absolute atomic E-state index is 14.4. The third-order valence-electron chi connectivity index (χ3n) is 6.24. The van der Waals surface area contributed by atoms with Gasteiger partial charge >= 0.3 is 0 Å². The van der Waals surface area contributed by atoms with Gasteiger partial charge in [-0.15, -0.1) is 0 Å². The van der Waals surface area contributed by atoms with E-state index in [-0.39, 0.29) is 33.5 Å². The summed E-state index contributed by atoms with van der Waals surface area (Å²) in [6.07, 6.45) is 0. The molecule has 0 spiro atoms. The van der Waals surface area contributed by atoms with E-state index in [1.54, 1.807) is 42.5 Å². The summed E-state index contributed by atoms with van der Waals surface area (Å²) in [4.78, 5) is 21.8. The van der Waals surface area contributed by atoms with Crippen molar-refractivity contribution in [3.8, 4) is 17.2 Å². The van der Waals surface area contributed by atoms with Crippen molar-refractivity contribution >= 4 is 50.0 Å². The van der Waals surface area contributed by atoms with Crippen LogP contribution in [0.2, 0.25) is 0 Å². The Morgan fingerprint density at radius 1 is 0.744 bits per heavy atom. The minimum absolute atomic E-state index is 0.0338. The van der Waals surface area contributed by atoms with E-state index >= 15 is 0 Å². The molecule has 5 aromatic rings. The van der Waals surface area contributed by atoms with E-state index in [0.29, 0.717) is 28.2 Å². The predicted molar refractivity (Wildman–Crippen MR) is 161 cm³/mol. The second-order valence-corrected chi connectivity index (χ2v) is 10.7. The van der Waals surface area contributed by atoms with Crippen LogP contribution < -0.4 is 29.6 Å². The van der Waals surface area contributed by atoms with Gasteiger partial charge in [-0.05, 0) is 42.5 Å². The lowest BCUT2D eigenvalue weighted by atomic mass is 10.1. The number of hydrogen-bond acceptors (Lipinski definition) is 9. The van der Waals surface area contributed by atoms with Crippen molar-refractivity contribution in [1.29, 1.82) is 0 Å². The first kappa shape index (κ1) is 29.1. The number of fused-ring (bicyclic) bond motifs is 1. The van der Waals surface area contributed by atoms with Gasteiger partial charge in [-0.25, -0.2) is 22.8 Å². The lowest BCUT2D eigenvalue weighted by Gasteiger charge is -2.15. The molecule has 11 nitrogen and oxygen atoms in total. The van der Waals surface area contributed by atoms with Crippen molar-refractivity contribution in [2.24, 2.45) is 0 Å². The van der Waals surface area contributed by atoms with Gasteiger partial charge in [0.05, 0.1) is 37.3 Å². The summed E-state index contributed by atoms with van der Waals surface area (Å²) in [5.74, 6) is -0.510. The first-order chi connectivity index (χ1) is 20.7. The summed E-state index contributed by atoms with van der Waals surface area (Å²) in [6, 6.07) is 21.5. The number of carbonyl (C=O) groups excluding carboxylic acids is 1. The summed E-state index contributed by atoms with van der Waals surface area (Å²) in [5, 5.41) is 5.62. The smallest absolute Gasteiger partial charge is 0.263 e. The summed E-state index contributed by atoms with van der Waals surface area (Å²) in [6.45, 7) is 0. The highest BCUT2D eigenvalue weighted by Gasteiger charge is 2.22. The molecule has 13 heteroatoms. The minimum atomic E-state index is -4.26. The molecule has 220 valence electrons. The fourth-order valence-electron chi connectivity index (χ4n) is 4.19. The Kier molecular flexibility index (Phi) is 8.25. The second kappa shape index (κ2) is 12.2. The quantitative estimate of drug-likeness (QED) is 0.186. The van der Waals surface area contributed by atoms with Crippen molar-refractivity contribution in [3.05, 3.63) is 96.3 Å². The zero-order valence-corrected chi connectivity index (χ0v) is 24.0. The first-order valence-electron chi connectivity index (χ1n) is 12.7. The molecule has 0 atom stereocenters. The number of nitrogens with zero attached hydrogens (tertiary/aromatic N) is 2. The topological polar surface area (TPSA) is 141 Å². The number of methoxy groups -OCH3 is 3. The van der Waals surface area contributed by atoms with Gasteiger partial charge in [0.25, 0.3) is 15.9 Å². The van der Waals surface area contributed by atoms with Gasteiger partial charge in [0.1, 0.15) is 28.6 Å². The van der Waals surface area contributed by atoms with Crippen molar-refractivity contribution in [1.82, 2.24) is 9.97 Å². The molecule has 0 fully saturated rings. The number of aromatic nitrogens is 2. The number of nitrogens with one attached hydrogen (secondary N) is 3. The highest BCUT2D eigenvalue weighted by Crippen LogP contribution is 2.32. The number of halogens is 1. The molecule has 3 N–H and O–H groups in total. The van der Waals surface area contributed by atoms with Crippen molar-refractivity contribution in [2.75, 3.05) is 36.7 Å². The maximum atomic E-state index is 14.4. The van der Waals surface area contributed by atoms with E-state index in [0.717, 1.165) is 6.07 Å². The van der Waals surface area contributed by atoms with Crippen LogP contribution in [-0.2, 0) is 10.0 Å². The Labute approximate surface area is 246 Å². The lowest BCUT2D eigenvalue weighted by Crippen LogP contribution is -2.18. The summed E-state index contributed by atoms with van der Waals surface area (Å²) >= 11 is 0. The Morgan fingerprint density at radius 3 is 2.05 bits per heavy atom. The minimum Gasteiger partial charge on any atom is -0.497 e. The van der Waals surface area contributed by atoms with E-state index in [1.165, 1.54) is 57.7 Å². The van der Waals surface area contributed by atoms with Crippen molar-refractivity contribution < 1.29 is 31.8 Å². The first-order valence-corrected chi connectivity index (χ1v) is 14.2. The average molecular weight is 604 g/mol. The maximum Gasteiger partial charge on any atom is 0.263 e. The van der Waals surface area contributed by atoms with E-state index in [9.17, 15) is 17.6 Å². The van der Waals surface area contributed by atoms with Crippen molar-refractivity contribution in [2.45, 2.75) is 4.90 Å². The summed E-state index contributed by atoms with van der Waals surface area (Å²) < 4.78 is 59.8. The molecule has 0 radical (unpaired) electrons. The second-order valence-electron chi connectivity index (χ2n) is 9.04. The third kappa shape index (κ3) is 6.41. The molecule has 0 aliphatic heterocycles. The number of hydrogen-bond donors (Lipinski definition) is 3. The SMILES string of the molecule is COc1cc(Nc2nc3ccccc3nc2NS(=O)(=O)c2cccc(NC(=O)c3c(F)cccc3OC)c2)cc(OC)c1. The van der Waals surface area contributed by atoms with Gasteiger partial charge in [0.2, 0.25) is 0 Å². The molecule has 1 heterocycles. The molecule has 0 unspecified atom stereocenters. The molecule has 0 saturated carbocycles. The zero-order chi connectivity index (χ0) is 30.6. The fourth-order valence-corrected chi connectivity index (χ4v) is 5.24. The molecule has 4 aromatic carbocycles. The van der Waals surface area contributed by atoms with E-state index in [2.05, 4.69) is 25.3 Å². The van der Waals surface area contributed by atoms with Gasteiger partial charge in [-0.1, -0.05) is 24.3 Å². The lowest BCUT2D eigenvalue weighted by molar-refractivity contribution is 0.102. The average Bonchev–Trinajstić information content (AvgIpc) is 3.00. The molecule has 0 aliphatic rings. The van der Waals surface area contributed by atoms with Gasteiger partial charge < -0.3 is 24.8 Å². The van der Waals surface area contributed by atoms with Crippen LogP contribution in [0.1, 0.15) is 10.4 Å². The Hall–Kier alpha value is -5.43. The normalized spacial score (nSPS) is 11.1. The van der Waals surface area contributed by atoms with Crippen LogP contribution in [0.3, 0.4) is 0 Å². The standard InChI is InChI=1S/C30H26FN5O6S/c1-40-20-14-19(15-21(17-20)41-2)32-28-29(35-25-12-5-4-11-24(25)34-28)36-43(38,39)22-9-6-8-18(16-22)33-30(37)27-23(31)10-7-13-26(27)42-3/h4-17H,1-3H3,(H,32,34)(H,33,37)(H,35,36). The molecule has 5 rings (SSSR count). The number of carbonyl (C=O) groups is 1. The monoisotopic (exact) mass is 603 g/mol. The third-order valence-corrected chi connectivity index (χ3v) is 7.58. The highest BCUT2D eigenvalue weighted by molar-refractivity contribution is 7.92. The number of para-hydroxylation sites is 2. The van der Waals surface area contributed by atoms with Crippen LogP contribution in [0, 0.1) is 5.82 Å². The Balaban J connectivity index is 1.47. The molecule has 0 bridgehead atoms. The molecular weight excluding hydrogens is 577 g/mol. The fraction of sp³-hybridized carbons (Fsp3) is 0.100. The molecule has 1 aromatic heterocycles. The number of anilines is 4. The van der Waals surface area contributed by atoms with Crippen LogP contribution in [-0.4, -0.2) is 45.6 Å². The number of rotatable bonds is 10. The number of benzene rings is 4. The molecule has 1 amide bonds. The van der Waals surface area contributed by atoms with E-state index < -0.39 is 21.7 Å². The summed E-state index contributed by atoms with van der Waals surface area (Å²) in [5.41, 5.74) is 1.29. The Bertz CT molecular complexity index is 1910. The van der Waals surface area contributed by atoms with Gasteiger partial charge in [-0.2, -0.15) is 0 Å². The number of sulfonamides is 1. The predicted octanol–water partition coefficient (Wildman–Crippen LogP) is 5.59. The van der Waals surface area contributed by atoms with Gasteiger partial charge in [0, 0.05) is 29.6 Å². The van der Waals surface area contributed by atoms with Gasteiger partial charge in [0.15, 0.2) is 11.6 Å². The van der Waals surface area contributed by atoms with Crippen LogP contribution in [0.4, 0.5) is 27.4 Å². The number of amides is 1. The molecule has 0 aliphatic carbocycles. The Morgan fingerprint density at radius 2 is 1.40 bits per heavy atom. The van der Waals surface area contributed by atoms with Crippen LogP contribution in [0.5, 0.6) is 17.2 Å². The molecule has 43 heavy (non-hydrogen) atoms. The molecular formula is C30H26FN5O6S.